The van der Waals surface area contributed by atoms with Crippen molar-refractivity contribution in [1.29, 1.82) is 0 Å². The van der Waals surface area contributed by atoms with Crippen LogP contribution in [-0.2, 0) is 4.79 Å². The molecule has 0 spiro atoms. The molecule has 23 heavy (non-hydrogen) atoms. The Balaban J connectivity index is 1.94. The first kappa shape index (κ1) is 16.1. The molecule has 122 valence electrons. The van der Waals surface area contributed by atoms with E-state index in [0.29, 0.717) is 11.1 Å². The second kappa shape index (κ2) is 7.17. The summed E-state index contributed by atoms with van der Waals surface area (Å²) in [6.45, 7) is 1.79. The van der Waals surface area contributed by atoms with Gasteiger partial charge in [-0.3, -0.25) is 4.79 Å². The first-order valence-corrected chi connectivity index (χ1v) is 9.01. The van der Waals surface area contributed by atoms with Crippen LogP contribution >= 0.6 is 11.8 Å². The third kappa shape index (κ3) is 3.75. The number of primary amides is 1. The van der Waals surface area contributed by atoms with E-state index in [2.05, 4.69) is 5.10 Å². The Morgan fingerprint density at radius 3 is 2.61 bits per heavy atom. The first-order chi connectivity index (χ1) is 11.1. The van der Waals surface area contributed by atoms with E-state index in [1.54, 1.807) is 6.92 Å². The minimum Gasteiger partial charge on any atom is -0.369 e. The van der Waals surface area contributed by atoms with Crippen LogP contribution in [0, 0.1) is 0 Å². The highest BCUT2D eigenvalue weighted by molar-refractivity contribution is 8.00. The van der Waals surface area contributed by atoms with Crippen molar-refractivity contribution in [2.45, 2.75) is 55.4 Å². The van der Waals surface area contributed by atoms with Crippen LogP contribution in [-0.4, -0.2) is 25.9 Å². The van der Waals surface area contributed by atoms with Crippen LogP contribution in [0.2, 0.25) is 0 Å². The Morgan fingerprint density at radius 2 is 1.96 bits per heavy atom. The summed E-state index contributed by atoms with van der Waals surface area (Å²) in [6.07, 6.45) is 6.09. The third-order valence-corrected chi connectivity index (χ3v) is 5.24. The molecule has 1 atom stereocenters. The number of hydrogen-bond acceptors (Lipinski definition) is 4. The molecule has 1 aliphatic rings. The minimum atomic E-state index is -0.342. The highest BCUT2D eigenvalue weighted by Gasteiger charge is 2.24. The fraction of sp³-hybridized carbons (Fsp3) is 0.471. The van der Waals surface area contributed by atoms with Crippen LogP contribution in [0.1, 0.15) is 50.8 Å². The number of carbonyl (C=O) groups excluding carboxylic acids is 1. The van der Waals surface area contributed by atoms with Gasteiger partial charge in [-0.15, -0.1) is 5.10 Å². The average Bonchev–Trinajstić information content (AvgIpc) is 3.00. The van der Waals surface area contributed by atoms with E-state index in [-0.39, 0.29) is 11.2 Å². The zero-order valence-corrected chi connectivity index (χ0v) is 14.1. The maximum absolute atomic E-state index is 11.3. The summed E-state index contributed by atoms with van der Waals surface area (Å²) >= 11 is 1.33. The molecule has 1 aromatic heterocycles. The number of hydrogen-bond donors (Lipinski definition) is 1. The second-order valence-electron chi connectivity index (χ2n) is 6.00. The van der Waals surface area contributed by atoms with Gasteiger partial charge in [0.2, 0.25) is 11.1 Å². The lowest BCUT2D eigenvalue weighted by Gasteiger charge is -2.21. The predicted octanol–water partition coefficient (Wildman–Crippen LogP) is 3.28. The molecule has 1 aromatic carbocycles. The van der Waals surface area contributed by atoms with Crippen molar-refractivity contribution in [3.63, 3.8) is 0 Å². The van der Waals surface area contributed by atoms with Gasteiger partial charge in [-0.05, 0) is 31.9 Å². The maximum Gasteiger partial charge on any atom is 0.230 e. The summed E-state index contributed by atoms with van der Waals surface area (Å²) in [4.78, 5) is 16.0. The monoisotopic (exact) mass is 330 g/mol. The summed E-state index contributed by atoms with van der Waals surface area (Å²) < 4.78 is 1.94. The van der Waals surface area contributed by atoms with Crippen molar-refractivity contribution in [3.05, 3.63) is 36.2 Å². The van der Waals surface area contributed by atoms with Gasteiger partial charge in [-0.25, -0.2) is 9.67 Å². The SMILES string of the molecule is C[C@@H](Sc1nc(C2CCCCC2)n(-c2ccccc2)n1)C(N)=O. The average molecular weight is 330 g/mol. The fourth-order valence-corrected chi connectivity index (χ4v) is 3.66. The fourth-order valence-electron chi connectivity index (χ4n) is 2.95. The van der Waals surface area contributed by atoms with E-state index < -0.39 is 0 Å². The maximum atomic E-state index is 11.3. The molecule has 1 amide bonds. The van der Waals surface area contributed by atoms with Crippen molar-refractivity contribution in [2.24, 2.45) is 5.73 Å². The molecule has 2 N–H and O–H groups in total. The van der Waals surface area contributed by atoms with Gasteiger partial charge in [0.25, 0.3) is 0 Å². The van der Waals surface area contributed by atoms with Crippen LogP contribution in [0.4, 0.5) is 0 Å². The molecule has 1 heterocycles. The van der Waals surface area contributed by atoms with E-state index in [1.807, 2.05) is 35.0 Å². The van der Waals surface area contributed by atoms with Crippen molar-refractivity contribution in [2.75, 3.05) is 0 Å². The standard InChI is InChI=1S/C17H22N4OS/c1-12(15(18)22)23-17-19-16(13-8-4-2-5-9-13)21(20-17)14-10-6-3-7-11-14/h3,6-7,10-13H,2,4-5,8-9H2,1H3,(H2,18,22)/t12-/m1/s1. The molecule has 1 saturated carbocycles. The van der Waals surface area contributed by atoms with Gasteiger partial charge in [0, 0.05) is 5.92 Å². The van der Waals surface area contributed by atoms with E-state index >= 15 is 0 Å². The van der Waals surface area contributed by atoms with Crippen LogP contribution < -0.4 is 5.73 Å². The molecule has 0 unspecified atom stereocenters. The van der Waals surface area contributed by atoms with Crippen LogP contribution in [0.25, 0.3) is 5.69 Å². The van der Waals surface area contributed by atoms with Gasteiger partial charge in [-0.2, -0.15) is 0 Å². The van der Waals surface area contributed by atoms with E-state index in [0.717, 1.165) is 24.4 Å². The molecule has 6 heteroatoms. The van der Waals surface area contributed by atoms with Crippen molar-refractivity contribution < 1.29 is 4.79 Å². The highest BCUT2D eigenvalue weighted by atomic mass is 32.2. The first-order valence-electron chi connectivity index (χ1n) is 8.13. The van der Waals surface area contributed by atoms with Crippen molar-refractivity contribution >= 4 is 17.7 Å². The quantitative estimate of drug-likeness (QED) is 0.854. The summed E-state index contributed by atoms with van der Waals surface area (Å²) in [5, 5.41) is 4.93. The van der Waals surface area contributed by atoms with Gasteiger partial charge in [-0.1, -0.05) is 49.2 Å². The van der Waals surface area contributed by atoms with Crippen LogP contribution in [0.3, 0.4) is 0 Å². The molecular formula is C17H22N4OS. The van der Waals surface area contributed by atoms with Crippen LogP contribution in [0.15, 0.2) is 35.5 Å². The van der Waals surface area contributed by atoms with Gasteiger partial charge in [0.05, 0.1) is 10.9 Å². The normalized spacial score (nSPS) is 17.1. The van der Waals surface area contributed by atoms with E-state index in [4.69, 9.17) is 10.7 Å². The molecule has 0 aliphatic heterocycles. The summed E-state index contributed by atoms with van der Waals surface area (Å²) in [5.41, 5.74) is 6.37. The minimum absolute atomic E-state index is 0.333. The van der Waals surface area contributed by atoms with Crippen molar-refractivity contribution in [1.82, 2.24) is 14.8 Å². The summed E-state index contributed by atoms with van der Waals surface area (Å²) in [5.74, 6) is 1.11. The largest absolute Gasteiger partial charge is 0.369 e. The smallest absolute Gasteiger partial charge is 0.230 e. The number of para-hydroxylation sites is 1. The number of nitrogens with zero attached hydrogens (tertiary/aromatic N) is 3. The van der Waals surface area contributed by atoms with Gasteiger partial charge in [0.1, 0.15) is 5.82 Å². The van der Waals surface area contributed by atoms with Gasteiger partial charge in [0.15, 0.2) is 0 Å². The molecule has 0 saturated heterocycles. The molecule has 2 aromatic rings. The number of benzene rings is 1. The Hall–Kier alpha value is -1.82. The summed E-state index contributed by atoms with van der Waals surface area (Å²) in [7, 11) is 0. The second-order valence-corrected chi connectivity index (χ2v) is 7.31. The number of thioether (sulfide) groups is 1. The van der Waals surface area contributed by atoms with E-state index in [1.165, 1.54) is 31.0 Å². The van der Waals surface area contributed by atoms with E-state index in [9.17, 15) is 4.79 Å². The van der Waals surface area contributed by atoms with Crippen molar-refractivity contribution in [3.8, 4) is 5.69 Å². The lowest BCUT2D eigenvalue weighted by atomic mass is 9.88. The number of carbonyl (C=O) groups is 1. The summed E-state index contributed by atoms with van der Waals surface area (Å²) in [6, 6.07) is 10.1. The number of amides is 1. The molecule has 1 fully saturated rings. The molecule has 0 radical (unpaired) electrons. The lowest BCUT2D eigenvalue weighted by Crippen LogP contribution is -2.22. The molecular weight excluding hydrogens is 308 g/mol. The Morgan fingerprint density at radius 1 is 1.26 bits per heavy atom. The highest BCUT2D eigenvalue weighted by Crippen LogP contribution is 2.34. The molecule has 3 rings (SSSR count). The molecule has 5 nitrogen and oxygen atoms in total. The predicted molar refractivity (Wildman–Crippen MR) is 91.7 cm³/mol. The Bertz CT molecular complexity index is 664. The molecule has 0 bridgehead atoms. The lowest BCUT2D eigenvalue weighted by molar-refractivity contribution is -0.117. The number of rotatable bonds is 5. The number of nitrogens with two attached hydrogens (primary N) is 1. The Kier molecular flexibility index (Phi) is 5.00. The zero-order chi connectivity index (χ0) is 16.2. The number of aromatic nitrogens is 3. The van der Waals surface area contributed by atoms with Gasteiger partial charge < -0.3 is 5.73 Å². The molecule has 1 aliphatic carbocycles. The topological polar surface area (TPSA) is 73.8 Å². The van der Waals surface area contributed by atoms with Gasteiger partial charge >= 0.3 is 0 Å². The third-order valence-electron chi connectivity index (χ3n) is 4.27. The van der Waals surface area contributed by atoms with Crippen LogP contribution in [0.5, 0.6) is 0 Å². The Labute approximate surface area is 140 Å². The zero-order valence-electron chi connectivity index (χ0n) is 13.3.